The number of hydrogen-bond donors (Lipinski definition) is 0. The normalized spacial score (nSPS) is 12.1. The Balaban J connectivity index is 2.64. The Labute approximate surface area is 83.3 Å². The van der Waals surface area contributed by atoms with Crippen LogP contribution in [0.25, 0.3) is 10.3 Å². The van der Waals surface area contributed by atoms with Crippen molar-refractivity contribution in [3.05, 3.63) is 6.20 Å². The third kappa shape index (κ3) is 1.44. The molecule has 0 aliphatic heterocycles. The Morgan fingerprint density at radius 3 is 3.18 bits per heavy atom. The van der Waals surface area contributed by atoms with Crippen LogP contribution in [0.2, 0.25) is 0 Å². The number of hydrogen-bond acceptors (Lipinski definition) is 3. The molecule has 0 bridgehead atoms. The summed E-state index contributed by atoms with van der Waals surface area (Å²) in [6.45, 7) is 0. The lowest BCUT2D eigenvalue weighted by Gasteiger charge is -1.87. The summed E-state index contributed by atoms with van der Waals surface area (Å²) in [5.41, 5.74) is 0.900. The molecule has 11 heavy (non-hydrogen) atoms. The number of rotatable bonds is 1. The zero-order valence-corrected chi connectivity index (χ0v) is 9.26. The van der Waals surface area contributed by atoms with Gasteiger partial charge in [-0.2, -0.15) is 5.10 Å². The molecule has 2 rings (SSSR count). The van der Waals surface area contributed by atoms with Crippen LogP contribution >= 0.6 is 39.8 Å². The zero-order valence-electron chi connectivity index (χ0n) is 5.28. The average Bonchev–Trinajstić information content (AvgIpc) is 2.43. The minimum absolute atomic E-state index is 0.589. The van der Waals surface area contributed by atoms with Crippen molar-refractivity contribution in [3.63, 3.8) is 0 Å². The van der Waals surface area contributed by atoms with Gasteiger partial charge in [0.25, 0.3) is 0 Å². The molecule has 2 aromatic heterocycles. The molecule has 0 amide bonds. The zero-order chi connectivity index (χ0) is 7.84. The van der Waals surface area contributed by atoms with Gasteiger partial charge in [0.2, 0.25) is 0 Å². The third-order valence-electron chi connectivity index (χ3n) is 1.18. The minimum atomic E-state index is 0.589. The summed E-state index contributed by atoms with van der Waals surface area (Å²) < 4.78 is 1.87. The van der Waals surface area contributed by atoms with E-state index in [0.717, 1.165) is 10.3 Å². The fourth-order valence-electron chi connectivity index (χ4n) is 0.782. The van der Waals surface area contributed by atoms with Crippen molar-refractivity contribution in [3.8, 4) is 0 Å². The molecular formula is C4H2BIN3PS. The lowest BCUT2D eigenvalue weighted by molar-refractivity contribution is 1.04. The Morgan fingerprint density at radius 2 is 2.55 bits per heavy atom. The van der Waals surface area contributed by atoms with Crippen molar-refractivity contribution in [1.82, 2.24) is 14.5 Å². The summed E-state index contributed by atoms with van der Waals surface area (Å²) in [6, 6.07) is 0. The molecule has 1 unspecified atom stereocenters. The SMILES string of the molecule is [B]c1nc2cn(PI)nc2s1. The van der Waals surface area contributed by atoms with E-state index in [1.807, 2.05) is 10.6 Å². The monoisotopic (exact) mass is 293 g/mol. The van der Waals surface area contributed by atoms with Crippen molar-refractivity contribution in [2.75, 3.05) is 0 Å². The highest BCUT2D eigenvalue weighted by Gasteiger charge is 2.03. The Morgan fingerprint density at radius 1 is 1.73 bits per heavy atom. The highest BCUT2D eigenvalue weighted by Crippen LogP contribution is 2.25. The maximum absolute atomic E-state index is 5.49. The van der Waals surface area contributed by atoms with Gasteiger partial charge in [0.15, 0.2) is 12.7 Å². The maximum atomic E-state index is 5.49. The predicted octanol–water partition coefficient (Wildman–Crippen LogP) is 1.08. The van der Waals surface area contributed by atoms with Gasteiger partial charge in [-0.05, 0) is 22.0 Å². The number of halogens is 1. The molecule has 0 fully saturated rings. The molecule has 0 aromatic carbocycles. The molecule has 2 heterocycles. The Kier molecular flexibility index (Phi) is 2.16. The van der Waals surface area contributed by atoms with Crippen molar-refractivity contribution in [1.29, 1.82) is 0 Å². The van der Waals surface area contributed by atoms with E-state index >= 15 is 0 Å². The van der Waals surface area contributed by atoms with Crippen LogP contribution in [0.3, 0.4) is 0 Å². The fraction of sp³-hybridized carbons (Fsp3) is 0. The van der Waals surface area contributed by atoms with Gasteiger partial charge in [-0.25, -0.2) is 9.44 Å². The van der Waals surface area contributed by atoms with Crippen LogP contribution in [0, 0.1) is 0 Å². The molecule has 0 aliphatic rings. The number of thiazole rings is 1. The number of aromatic nitrogens is 3. The topological polar surface area (TPSA) is 30.7 Å². The first kappa shape index (κ1) is 7.95. The van der Waals surface area contributed by atoms with E-state index in [2.05, 4.69) is 32.1 Å². The molecule has 0 N–H and O–H groups in total. The summed E-state index contributed by atoms with van der Waals surface area (Å²) in [4.78, 5) is 5.61. The average molecular weight is 293 g/mol. The van der Waals surface area contributed by atoms with Gasteiger partial charge in [0, 0.05) is 4.91 Å². The van der Waals surface area contributed by atoms with E-state index in [1.54, 1.807) is 0 Å². The Bertz CT molecular complexity index is 354. The largest absolute Gasteiger partial charge is 0.250 e. The van der Waals surface area contributed by atoms with Gasteiger partial charge in [-0.3, -0.25) is 0 Å². The first-order valence-electron chi connectivity index (χ1n) is 2.78. The van der Waals surface area contributed by atoms with Crippen LogP contribution in [0.4, 0.5) is 0 Å². The second-order valence-electron chi connectivity index (χ2n) is 1.90. The molecule has 2 aromatic rings. The quantitative estimate of drug-likeness (QED) is 0.447. The summed E-state index contributed by atoms with van der Waals surface area (Å²) >= 11 is 3.69. The van der Waals surface area contributed by atoms with Crippen LogP contribution in [-0.4, -0.2) is 22.4 Å². The number of nitrogens with zero attached hydrogens (tertiary/aromatic N) is 3. The van der Waals surface area contributed by atoms with E-state index in [-0.39, 0.29) is 0 Å². The van der Waals surface area contributed by atoms with E-state index in [4.69, 9.17) is 7.85 Å². The summed E-state index contributed by atoms with van der Waals surface area (Å²) in [5.74, 6) is 0. The van der Waals surface area contributed by atoms with Gasteiger partial charge < -0.3 is 0 Å². The molecule has 0 aliphatic carbocycles. The van der Waals surface area contributed by atoms with E-state index in [1.165, 1.54) is 11.3 Å². The second-order valence-corrected chi connectivity index (χ2v) is 4.98. The smallest absolute Gasteiger partial charge is 0.165 e. The summed E-state index contributed by atoms with van der Waals surface area (Å²) in [7, 11) is 5.49. The highest BCUT2D eigenvalue weighted by atomic mass is 127. The van der Waals surface area contributed by atoms with Crippen LogP contribution in [0.15, 0.2) is 6.20 Å². The van der Waals surface area contributed by atoms with Gasteiger partial charge >= 0.3 is 0 Å². The fourth-order valence-corrected chi connectivity index (χ4v) is 2.58. The first-order valence-corrected chi connectivity index (χ1v) is 7.66. The highest BCUT2D eigenvalue weighted by molar-refractivity contribution is 14.2. The molecular weight excluding hydrogens is 291 g/mol. The summed E-state index contributed by atoms with van der Waals surface area (Å²) in [5, 5.41) is 4.25. The molecule has 0 spiro atoms. The van der Waals surface area contributed by atoms with E-state index < -0.39 is 0 Å². The van der Waals surface area contributed by atoms with Crippen LogP contribution < -0.4 is 4.91 Å². The molecule has 0 saturated carbocycles. The van der Waals surface area contributed by atoms with Crippen LogP contribution in [-0.2, 0) is 0 Å². The number of fused-ring (bicyclic) bond motifs is 1. The summed E-state index contributed by atoms with van der Waals surface area (Å²) in [6.07, 6.45) is 2.54. The van der Waals surface area contributed by atoms with E-state index in [0.29, 0.717) is 11.3 Å². The van der Waals surface area contributed by atoms with Gasteiger partial charge in [0.1, 0.15) is 5.52 Å². The molecule has 7 heteroatoms. The molecule has 1 atom stereocenters. The van der Waals surface area contributed by atoms with E-state index in [9.17, 15) is 0 Å². The van der Waals surface area contributed by atoms with Crippen LogP contribution in [0.1, 0.15) is 0 Å². The van der Waals surface area contributed by atoms with Crippen LogP contribution in [0.5, 0.6) is 0 Å². The third-order valence-corrected chi connectivity index (χ3v) is 3.85. The van der Waals surface area contributed by atoms with Gasteiger partial charge in [-0.1, -0.05) is 0 Å². The van der Waals surface area contributed by atoms with Crippen molar-refractivity contribution in [2.24, 2.45) is 0 Å². The first-order chi connectivity index (χ1) is 5.29. The standard InChI is InChI=1S/C4H2BIN3PS/c5-4-7-2-1-9(10-6)8-3(2)11-4/h1,10H. The lowest BCUT2D eigenvalue weighted by Crippen LogP contribution is -1.97. The minimum Gasteiger partial charge on any atom is -0.250 e. The molecule has 2 radical (unpaired) electrons. The lowest BCUT2D eigenvalue weighted by atomic mass is 10.2. The van der Waals surface area contributed by atoms with Crippen molar-refractivity contribution in [2.45, 2.75) is 0 Å². The molecule has 3 nitrogen and oxygen atoms in total. The molecule has 54 valence electrons. The predicted molar refractivity (Wildman–Crippen MR) is 58.5 cm³/mol. The van der Waals surface area contributed by atoms with Crippen molar-refractivity contribution >= 4 is 62.9 Å². The Hall–Kier alpha value is 0.325. The van der Waals surface area contributed by atoms with Gasteiger partial charge in [-0.15, -0.1) is 11.3 Å². The maximum Gasteiger partial charge on any atom is 0.165 e. The second kappa shape index (κ2) is 2.99. The van der Waals surface area contributed by atoms with Crippen molar-refractivity contribution < 1.29 is 0 Å². The molecule has 0 saturated heterocycles. The van der Waals surface area contributed by atoms with Gasteiger partial charge in [0.05, 0.1) is 12.6 Å².